The number of rotatable bonds is 66. The third kappa shape index (κ3) is 66.4. The average Bonchev–Trinajstić information content (AvgIpc) is 3.46. The first kappa shape index (κ1) is 80.0. The summed E-state index contributed by atoms with van der Waals surface area (Å²) in [5, 5.41) is 9.75. The highest BCUT2D eigenvalue weighted by Crippen LogP contribution is 2.18. The summed E-state index contributed by atoms with van der Waals surface area (Å²) < 4.78 is 23.0. The van der Waals surface area contributed by atoms with E-state index in [9.17, 15) is 19.5 Å². The van der Waals surface area contributed by atoms with E-state index in [-0.39, 0.29) is 32.2 Å². The fourth-order valence-corrected chi connectivity index (χ4v) is 10.3. The number of carbonyl (C=O) groups is 3. The van der Waals surface area contributed by atoms with Crippen molar-refractivity contribution in [2.45, 2.75) is 347 Å². The van der Waals surface area contributed by atoms with Gasteiger partial charge in [-0.15, -0.1) is 0 Å². The first-order valence-electron chi connectivity index (χ1n) is 35.5. The zero-order valence-electron chi connectivity index (χ0n) is 55.4. The smallest absolute Gasteiger partial charge is 0.361 e. The highest BCUT2D eigenvalue weighted by molar-refractivity contribution is 5.71. The molecule has 0 aromatic carbocycles. The van der Waals surface area contributed by atoms with Crippen molar-refractivity contribution in [3.8, 4) is 0 Å². The number of unbranched alkanes of at least 4 members (excludes halogenated alkanes) is 41. The molecule has 0 amide bonds. The van der Waals surface area contributed by atoms with Gasteiger partial charge < -0.3 is 28.5 Å². The quantitative estimate of drug-likeness (QED) is 0.0211. The van der Waals surface area contributed by atoms with Gasteiger partial charge in [-0.1, -0.05) is 299 Å². The van der Waals surface area contributed by atoms with Gasteiger partial charge in [-0.3, -0.25) is 9.59 Å². The van der Waals surface area contributed by atoms with Crippen LogP contribution in [0.2, 0.25) is 0 Å². The average molecular weight is 1170 g/mol. The predicted molar refractivity (Wildman–Crippen MR) is 355 cm³/mol. The van der Waals surface area contributed by atoms with Crippen molar-refractivity contribution in [2.75, 3.05) is 47.5 Å². The van der Waals surface area contributed by atoms with Crippen molar-refractivity contribution >= 4 is 17.9 Å². The van der Waals surface area contributed by atoms with Crippen LogP contribution in [0.25, 0.3) is 0 Å². The van der Waals surface area contributed by atoms with Crippen LogP contribution in [0.1, 0.15) is 335 Å². The Bertz CT molecular complexity index is 1550. The monoisotopic (exact) mass is 1170 g/mol. The maximum absolute atomic E-state index is 12.9. The molecule has 0 saturated carbocycles. The predicted octanol–water partition coefficient (Wildman–Crippen LogP) is 21.9. The van der Waals surface area contributed by atoms with Gasteiger partial charge in [0.2, 0.25) is 0 Å². The summed E-state index contributed by atoms with van der Waals surface area (Å²) in [7, 11) is 5.98. The van der Waals surface area contributed by atoms with E-state index in [0.717, 1.165) is 57.8 Å². The van der Waals surface area contributed by atoms with Gasteiger partial charge in [-0.2, -0.15) is 0 Å². The molecule has 0 fully saturated rings. The van der Waals surface area contributed by atoms with Gasteiger partial charge in [0.1, 0.15) is 13.2 Å². The minimum absolute atomic E-state index is 0.181. The molecule has 0 aromatic heterocycles. The van der Waals surface area contributed by atoms with Crippen molar-refractivity contribution < 1.29 is 42.9 Å². The van der Waals surface area contributed by atoms with Crippen LogP contribution in [-0.2, 0) is 33.3 Å². The lowest BCUT2D eigenvalue weighted by atomic mass is 10.0. The van der Waals surface area contributed by atoms with Crippen molar-refractivity contribution in [2.24, 2.45) is 0 Å². The topological polar surface area (TPSA) is 108 Å². The summed E-state index contributed by atoms with van der Waals surface area (Å²) >= 11 is 0. The summed E-state index contributed by atoms with van der Waals surface area (Å²) in [6, 6.07) is 0. The number of carboxylic acid groups (broad SMARTS) is 1. The van der Waals surface area contributed by atoms with Crippen LogP contribution in [0.4, 0.5) is 0 Å². The molecule has 0 aliphatic rings. The van der Waals surface area contributed by atoms with Gasteiger partial charge in [0, 0.05) is 12.8 Å². The molecular formula is C74H136NO8+. The van der Waals surface area contributed by atoms with Crippen molar-refractivity contribution in [3.05, 3.63) is 60.8 Å². The number of ether oxygens (including phenoxy) is 4. The molecule has 484 valence electrons. The molecule has 0 bridgehead atoms. The highest BCUT2D eigenvalue weighted by atomic mass is 16.7. The molecule has 9 heteroatoms. The fraction of sp³-hybridized carbons (Fsp3) is 0.824. The summed E-state index contributed by atoms with van der Waals surface area (Å²) in [5.41, 5.74) is 0. The summed E-state index contributed by atoms with van der Waals surface area (Å²) in [5.74, 6) is -1.99. The zero-order chi connectivity index (χ0) is 60.5. The normalized spacial score (nSPS) is 13.0. The van der Waals surface area contributed by atoms with Gasteiger partial charge in [0.15, 0.2) is 6.10 Å². The van der Waals surface area contributed by atoms with Crippen LogP contribution in [0.3, 0.4) is 0 Å². The van der Waals surface area contributed by atoms with E-state index in [1.165, 1.54) is 250 Å². The van der Waals surface area contributed by atoms with E-state index < -0.39 is 24.3 Å². The first-order valence-corrected chi connectivity index (χ1v) is 35.5. The molecule has 2 atom stereocenters. The number of hydrogen-bond acceptors (Lipinski definition) is 7. The van der Waals surface area contributed by atoms with Gasteiger partial charge in [0.25, 0.3) is 6.29 Å². The molecule has 0 saturated heterocycles. The second-order valence-corrected chi connectivity index (χ2v) is 25.2. The van der Waals surface area contributed by atoms with E-state index in [2.05, 4.69) is 74.6 Å². The Morgan fingerprint density at radius 3 is 0.964 bits per heavy atom. The Hall–Kier alpha value is -3.01. The number of carbonyl (C=O) groups excluding carboxylic acids is 2. The number of aliphatic carboxylic acids is 1. The molecule has 0 aliphatic heterocycles. The number of quaternary nitrogens is 1. The second kappa shape index (κ2) is 65.0. The maximum Gasteiger partial charge on any atom is 0.361 e. The van der Waals surface area contributed by atoms with Gasteiger partial charge in [-0.05, 0) is 83.5 Å². The first-order chi connectivity index (χ1) is 40.6. The van der Waals surface area contributed by atoms with E-state index in [4.69, 9.17) is 18.9 Å². The molecule has 0 spiro atoms. The highest BCUT2D eigenvalue weighted by Gasteiger charge is 2.25. The lowest BCUT2D eigenvalue weighted by molar-refractivity contribution is -0.870. The van der Waals surface area contributed by atoms with Crippen LogP contribution in [-0.4, -0.2) is 87.4 Å². The van der Waals surface area contributed by atoms with Crippen LogP contribution in [0.5, 0.6) is 0 Å². The molecule has 0 aromatic rings. The van der Waals surface area contributed by atoms with Crippen LogP contribution >= 0.6 is 0 Å². The molecule has 83 heavy (non-hydrogen) atoms. The molecular weight excluding hydrogens is 1030 g/mol. The zero-order valence-corrected chi connectivity index (χ0v) is 55.4. The lowest BCUT2D eigenvalue weighted by Crippen LogP contribution is -2.40. The van der Waals surface area contributed by atoms with Crippen LogP contribution < -0.4 is 0 Å². The standard InChI is InChI=1S/C74H135NO8/c1-6-8-10-12-14-16-18-20-22-24-26-28-30-32-34-35-36-37-39-40-42-44-46-48-50-52-54-56-58-60-62-64-71(76)81-68-70(69-82-74(73(78)79)80-67-66-75(3,4)5)83-72(77)65-63-61-59-57-55-53-51-49-47-45-43-41-38-33-31-29-27-25-23-21-19-17-15-13-11-9-7-2/h18-21,24-27,31,33,70,74H,6-17,22-23,28-30,32,34-69H2,1-5H3/p+1/b20-18-,21-19-,26-24-,27-25-,33-31-. The van der Waals surface area contributed by atoms with Crippen molar-refractivity contribution in [1.29, 1.82) is 0 Å². The Labute approximate surface area is 514 Å². The summed E-state index contributed by atoms with van der Waals surface area (Å²) in [6.07, 6.45) is 81.9. The van der Waals surface area contributed by atoms with E-state index in [1.807, 2.05) is 21.1 Å². The summed E-state index contributed by atoms with van der Waals surface area (Å²) in [4.78, 5) is 37.6. The van der Waals surface area contributed by atoms with Gasteiger partial charge in [0.05, 0.1) is 34.4 Å². The number of allylic oxidation sites excluding steroid dienone is 10. The number of carboxylic acids is 1. The largest absolute Gasteiger partial charge is 0.477 e. The third-order valence-corrected chi connectivity index (χ3v) is 15.7. The Balaban J connectivity index is 4.09. The Morgan fingerprint density at radius 1 is 0.361 bits per heavy atom. The van der Waals surface area contributed by atoms with E-state index >= 15 is 0 Å². The van der Waals surface area contributed by atoms with E-state index in [1.54, 1.807) is 0 Å². The van der Waals surface area contributed by atoms with Crippen LogP contribution in [0.15, 0.2) is 60.8 Å². The van der Waals surface area contributed by atoms with Crippen LogP contribution in [0, 0.1) is 0 Å². The number of hydrogen-bond donors (Lipinski definition) is 1. The minimum Gasteiger partial charge on any atom is -0.477 e. The van der Waals surface area contributed by atoms with Gasteiger partial charge in [-0.25, -0.2) is 4.79 Å². The number of likely N-dealkylation sites (N-methyl/N-ethyl adjacent to an activating group) is 1. The molecule has 2 unspecified atom stereocenters. The molecule has 9 nitrogen and oxygen atoms in total. The summed E-state index contributed by atoms with van der Waals surface area (Å²) in [6.45, 7) is 4.90. The minimum atomic E-state index is -1.51. The van der Waals surface area contributed by atoms with E-state index in [0.29, 0.717) is 17.4 Å². The maximum atomic E-state index is 12.9. The second-order valence-electron chi connectivity index (χ2n) is 25.2. The Morgan fingerprint density at radius 2 is 0.651 bits per heavy atom. The fourth-order valence-electron chi connectivity index (χ4n) is 10.3. The van der Waals surface area contributed by atoms with Gasteiger partial charge >= 0.3 is 17.9 Å². The van der Waals surface area contributed by atoms with Crippen molar-refractivity contribution in [3.63, 3.8) is 0 Å². The number of esters is 2. The molecule has 0 heterocycles. The molecule has 0 aliphatic carbocycles. The third-order valence-electron chi connectivity index (χ3n) is 15.7. The number of nitrogens with zero attached hydrogens (tertiary/aromatic N) is 1. The molecule has 1 N–H and O–H groups in total. The molecule has 0 rings (SSSR count). The van der Waals surface area contributed by atoms with Crippen molar-refractivity contribution in [1.82, 2.24) is 0 Å². The molecule has 0 radical (unpaired) electrons. The lowest BCUT2D eigenvalue weighted by Gasteiger charge is -2.25. The SMILES string of the molecule is CCCCCCC/C=C\C/C=C\C/C=C\CCCCCCCCCCCCCCC(=O)OC(COC(=O)CCCCCCCCCCCCCCCCCCCCC/C=C\C/C=C\CCCCCCC)COC(OCC[N+](C)(C)C)C(=O)O. The Kier molecular flexibility index (Phi) is 62.6.